The van der Waals surface area contributed by atoms with E-state index in [1.54, 1.807) is 0 Å². The van der Waals surface area contributed by atoms with Crippen LogP contribution in [0.3, 0.4) is 0 Å². The molecule has 0 atom stereocenters. The number of benzene rings is 2. The van der Waals surface area contributed by atoms with Crippen LogP contribution >= 0.6 is 0 Å². The third kappa shape index (κ3) is 2.57. The fourth-order valence-corrected chi connectivity index (χ4v) is 3.06. The molecule has 0 unspecified atom stereocenters. The van der Waals surface area contributed by atoms with Gasteiger partial charge in [-0.1, -0.05) is 36.4 Å². The molecule has 0 spiro atoms. The number of imidazole rings is 1. The second kappa shape index (κ2) is 5.34. The molecule has 106 valence electrons. The Morgan fingerprint density at radius 3 is 2.48 bits per heavy atom. The minimum atomic E-state index is 0.948. The second-order valence-electron chi connectivity index (χ2n) is 5.78. The van der Waals surface area contributed by atoms with Gasteiger partial charge < -0.3 is 4.98 Å². The smallest absolute Gasteiger partial charge is 0.138 e. The lowest BCUT2D eigenvalue weighted by Gasteiger charge is -2.14. The summed E-state index contributed by atoms with van der Waals surface area (Å²) in [6, 6.07) is 16.9. The number of nitrogens with zero attached hydrogens (tertiary/aromatic N) is 2. The highest BCUT2D eigenvalue weighted by Crippen LogP contribution is 2.21. The van der Waals surface area contributed by atoms with E-state index in [0.717, 1.165) is 29.0 Å². The Bertz CT molecular complexity index is 704. The molecule has 2 aromatic carbocycles. The lowest BCUT2D eigenvalue weighted by molar-refractivity contribution is 0.331. The van der Waals surface area contributed by atoms with Gasteiger partial charge in [-0.05, 0) is 43.6 Å². The number of H-pyrrole nitrogens is 1. The lowest BCUT2D eigenvalue weighted by atomic mass is 10.1. The zero-order chi connectivity index (χ0) is 14.1. The number of hydrogen-bond acceptors (Lipinski definition) is 2. The van der Waals surface area contributed by atoms with Crippen molar-refractivity contribution in [3.63, 3.8) is 0 Å². The van der Waals surface area contributed by atoms with Gasteiger partial charge in [0.25, 0.3) is 0 Å². The summed E-state index contributed by atoms with van der Waals surface area (Å²) in [7, 11) is 0. The summed E-state index contributed by atoms with van der Waals surface area (Å²) in [6.45, 7) is 3.55. The Morgan fingerprint density at radius 2 is 1.71 bits per heavy atom. The molecule has 21 heavy (non-hydrogen) atoms. The van der Waals surface area contributed by atoms with Crippen molar-refractivity contribution in [2.45, 2.75) is 19.4 Å². The van der Waals surface area contributed by atoms with Crippen LogP contribution in [-0.4, -0.2) is 28.0 Å². The first-order valence-corrected chi connectivity index (χ1v) is 7.65. The van der Waals surface area contributed by atoms with Crippen LogP contribution in [0.5, 0.6) is 0 Å². The van der Waals surface area contributed by atoms with Gasteiger partial charge in [0.05, 0.1) is 11.0 Å². The second-order valence-corrected chi connectivity index (χ2v) is 5.78. The summed E-state index contributed by atoms with van der Waals surface area (Å²) in [5, 5.41) is 0. The van der Waals surface area contributed by atoms with Crippen LogP contribution in [0, 0.1) is 0 Å². The number of aromatic amines is 1. The number of para-hydroxylation sites is 2. The maximum atomic E-state index is 4.65. The Labute approximate surface area is 124 Å². The minimum absolute atomic E-state index is 0.948. The number of likely N-dealkylation sites (tertiary alicyclic amines) is 1. The minimum Gasteiger partial charge on any atom is -0.338 e. The molecule has 0 saturated carbocycles. The Balaban J connectivity index is 1.57. The number of fused-ring (bicyclic) bond motifs is 1. The summed E-state index contributed by atoms with van der Waals surface area (Å²) in [4.78, 5) is 10.6. The lowest BCUT2D eigenvalue weighted by Crippen LogP contribution is -2.18. The van der Waals surface area contributed by atoms with Crippen LogP contribution in [0.2, 0.25) is 0 Å². The quantitative estimate of drug-likeness (QED) is 0.789. The SMILES string of the molecule is c1ccc2[nH]c(-c3ccc(CN4CCCC4)cc3)nc2c1. The predicted molar refractivity (Wildman–Crippen MR) is 86.0 cm³/mol. The van der Waals surface area contributed by atoms with Crippen molar-refractivity contribution >= 4 is 11.0 Å². The Morgan fingerprint density at radius 1 is 0.952 bits per heavy atom. The fraction of sp³-hybridized carbons (Fsp3) is 0.278. The van der Waals surface area contributed by atoms with Crippen LogP contribution in [0.1, 0.15) is 18.4 Å². The number of nitrogens with one attached hydrogen (secondary N) is 1. The Hall–Kier alpha value is -2.13. The molecule has 1 fully saturated rings. The summed E-state index contributed by atoms with van der Waals surface area (Å²) in [6.07, 6.45) is 2.69. The molecule has 1 aromatic heterocycles. The summed E-state index contributed by atoms with van der Waals surface area (Å²) in [5.74, 6) is 0.948. The standard InChI is InChI=1S/C18H19N3/c1-2-6-17-16(5-1)19-18(20-17)15-9-7-14(8-10-15)13-21-11-3-4-12-21/h1-2,5-10H,3-4,11-13H2,(H,19,20). The molecule has 3 aromatic rings. The molecule has 2 heterocycles. The van der Waals surface area contributed by atoms with Crippen molar-refractivity contribution in [1.29, 1.82) is 0 Å². The highest BCUT2D eigenvalue weighted by atomic mass is 15.1. The summed E-state index contributed by atoms with van der Waals surface area (Å²) < 4.78 is 0. The average Bonchev–Trinajstić information content (AvgIpc) is 3.16. The van der Waals surface area contributed by atoms with E-state index in [4.69, 9.17) is 0 Å². The zero-order valence-electron chi connectivity index (χ0n) is 12.0. The van der Waals surface area contributed by atoms with Gasteiger partial charge in [0.2, 0.25) is 0 Å². The van der Waals surface area contributed by atoms with E-state index >= 15 is 0 Å². The van der Waals surface area contributed by atoms with Crippen LogP contribution < -0.4 is 0 Å². The van der Waals surface area contributed by atoms with Crippen molar-refractivity contribution < 1.29 is 0 Å². The van der Waals surface area contributed by atoms with Gasteiger partial charge in [-0.25, -0.2) is 4.98 Å². The van der Waals surface area contributed by atoms with Crippen LogP contribution in [0.15, 0.2) is 48.5 Å². The molecule has 1 N–H and O–H groups in total. The highest BCUT2D eigenvalue weighted by molar-refractivity contribution is 5.79. The first-order chi connectivity index (χ1) is 10.4. The average molecular weight is 277 g/mol. The van der Waals surface area contributed by atoms with Crippen molar-refractivity contribution in [2.75, 3.05) is 13.1 Å². The molecule has 1 saturated heterocycles. The predicted octanol–water partition coefficient (Wildman–Crippen LogP) is 3.83. The third-order valence-corrected chi connectivity index (χ3v) is 4.22. The molecular formula is C18H19N3. The van der Waals surface area contributed by atoms with Gasteiger partial charge in [-0.15, -0.1) is 0 Å². The van der Waals surface area contributed by atoms with E-state index < -0.39 is 0 Å². The Kier molecular flexibility index (Phi) is 3.20. The van der Waals surface area contributed by atoms with Crippen molar-refractivity contribution in [2.24, 2.45) is 0 Å². The zero-order valence-corrected chi connectivity index (χ0v) is 12.0. The maximum Gasteiger partial charge on any atom is 0.138 e. The number of hydrogen-bond donors (Lipinski definition) is 1. The van der Waals surface area contributed by atoms with Crippen LogP contribution in [-0.2, 0) is 6.54 Å². The van der Waals surface area contributed by atoms with Crippen molar-refractivity contribution in [3.05, 3.63) is 54.1 Å². The van der Waals surface area contributed by atoms with E-state index in [0.29, 0.717) is 0 Å². The maximum absolute atomic E-state index is 4.65. The van der Waals surface area contributed by atoms with Crippen molar-refractivity contribution in [3.8, 4) is 11.4 Å². The van der Waals surface area contributed by atoms with Crippen LogP contribution in [0.25, 0.3) is 22.4 Å². The van der Waals surface area contributed by atoms with E-state index in [2.05, 4.69) is 45.2 Å². The number of rotatable bonds is 3. The highest BCUT2D eigenvalue weighted by Gasteiger charge is 2.12. The molecule has 0 amide bonds. The molecule has 0 radical (unpaired) electrons. The van der Waals surface area contributed by atoms with Crippen LogP contribution in [0.4, 0.5) is 0 Å². The van der Waals surface area contributed by atoms with Gasteiger partial charge in [0, 0.05) is 12.1 Å². The normalized spacial score (nSPS) is 15.8. The first kappa shape index (κ1) is 12.6. The van der Waals surface area contributed by atoms with Gasteiger partial charge in [0.1, 0.15) is 5.82 Å². The fourth-order valence-electron chi connectivity index (χ4n) is 3.06. The largest absolute Gasteiger partial charge is 0.338 e. The van der Waals surface area contributed by atoms with E-state index in [1.807, 2.05) is 18.2 Å². The van der Waals surface area contributed by atoms with E-state index in [-0.39, 0.29) is 0 Å². The van der Waals surface area contributed by atoms with Gasteiger partial charge in [0.15, 0.2) is 0 Å². The van der Waals surface area contributed by atoms with Crippen molar-refractivity contribution in [1.82, 2.24) is 14.9 Å². The molecule has 3 nitrogen and oxygen atoms in total. The topological polar surface area (TPSA) is 31.9 Å². The summed E-state index contributed by atoms with van der Waals surface area (Å²) in [5.41, 5.74) is 4.65. The van der Waals surface area contributed by atoms with E-state index in [1.165, 1.54) is 31.5 Å². The molecule has 3 heteroatoms. The molecule has 4 rings (SSSR count). The van der Waals surface area contributed by atoms with Gasteiger partial charge >= 0.3 is 0 Å². The third-order valence-electron chi connectivity index (χ3n) is 4.22. The molecule has 0 aliphatic carbocycles. The van der Waals surface area contributed by atoms with E-state index in [9.17, 15) is 0 Å². The summed E-state index contributed by atoms with van der Waals surface area (Å²) >= 11 is 0. The first-order valence-electron chi connectivity index (χ1n) is 7.65. The molecule has 1 aliphatic heterocycles. The monoisotopic (exact) mass is 277 g/mol. The number of aromatic nitrogens is 2. The van der Waals surface area contributed by atoms with Gasteiger partial charge in [-0.3, -0.25) is 4.90 Å². The molecule has 1 aliphatic rings. The van der Waals surface area contributed by atoms with Gasteiger partial charge in [-0.2, -0.15) is 0 Å². The molecular weight excluding hydrogens is 258 g/mol. The molecule has 0 bridgehead atoms.